The van der Waals surface area contributed by atoms with Gasteiger partial charge >= 0.3 is 11.7 Å². The minimum Gasteiger partial charge on any atom is -0.477 e. The number of nitrogens with zero attached hydrogens (tertiary/aromatic N) is 2. The molecule has 1 heterocycles. The SMILES string of the molecule is CSc1nc(C(=O)O)ccc1[N+](=O)[O-]. The summed E-state index contributed by atoms with van der Waals surface area (Å²) in [5, 5.41) is 19.2. The van der Waals surface area contributed by atoms with Crippen molar-refractivity contribution in [2.24, 2.45) is 0 Å². The van der Waals surface area contributed by atoms with E-state index in [-0.39, 0.29) is 16.4 Å². The molecule has 1 rings (SSSR count). The average molecular weight is 214 g/mol. The fourth-order valence-corrected chi connectivity index (χ4v) is 1.38. The number of pyridine rings is 1. The maximum Gasteiger partial charge on any atom is 0.354 e. The molecule has 0 amide bonds. The van der Waals surface area contributed by atoms with Crippen LogP contribution in [0.25, 0.3) is 0 Å². The first-order valence-electron chi connectivity index (χ1n) is 3.49. The van der Waals surface area contributed by atoms with Gasteiger partial charge in [-0.1, -0.05) is 0 Å². The smallest absolute Gasteiger partial charge is 0.354 e. The minimum atomic E-state index is -1.20. The van der Waals surface area contributed by atoms with Crippen molar-refractivity contribution >= 4 is 23.4 Å². The van der Waals surface area contributed by atoms with Crippen LogP contribution >= 0.6 is 11.8 Å². The predicted molar refractivity (Wildman–Crippen MR) is 49.6 cm³/mol. The molecule has 0 radical (unpaired) electrons. The highest BCUT2D eigenvalue weighted by atomic mass is 32.2. The Hall–Kier alpha value is -1.63. The van der Waals surface area contributed by atoms with Crippen LogP contribution in [0.3, 0.4) is 0 Å². The first-order valence-corrected chi connectivity index (χ1v) is 4.71. The molecule has 0 fully saturated rings. The Morgan fingerprint density at radius 1 is 1.64 bits per heavy atom. The number of aromatic nitrogens is 1. The number of rotatable bonds is 3. The van der Waals surface area contributed by atoms with E-state index in [1.54, 1.807) is 6.26 Å². The zero-order chi connectivity index (χ0) is 10.7. The van der Waals surface area contributed by atoms with Gasteiger partial charge in [0.05, 0.1) is 4.92 Å². The van der Waals surface area contributed by atoms with Crippen molar-refractivity contribution in [2.45, 2.75) is 5.03 Å². The van der Waals surface area contributed by atoms with Gasteiger partial charge in [-0.15, -0.1) is 11.8 Å². The Morgan fingerprint density at radius 3 is 2.71 bits per heavy atom. The number of carbonyl (C=O) groups is 1. The van der Waals surface area contributed by atoms with Gasteiger partial charge in [0.1, 0.15) is 5.69 Å². The Morgan fingerprint density at radius 2 is 2.29 bits per heavy atom. The number of hydrogen-bond acceptors (Lipinski definition) is 5. The van der Waals surface area contributed by atoms with Crippen LogP contribution in [0.5, 0.6) is 0 Å². The summed E-state index contributed by atoms with van der Waals surface area (Å²) in [5.74, 6) is -1.20. The summed E-state index contributed by atoms with van der Waals surface area (Å²) in [7, 11) is 0. The monoisotopic (exact) mass is 214 g/mol. The predicted octanol–water partition coefficient (Wildman–Crippen LogP) is 1.41. The average Bonchev–Trinajstić information content (AvgIpc) is 2.16. The summed E-state index contributed by atoms with van der Waals surface area (Å²) in [6, 6.07) is 2.25. The van der Waals surface area contributed by atoms with E-state index in [1.165, 1.54) is 0 Å². The van der Waals surface area contributed by atoms with Crippen molar-refractivity contribution in [3.63, 3.8) is 0 Å². The first kappa shape index (κ1) is 10.5. The number of hydrogen-bond donors (Lipinski definition) is 1. The minimum absolute atomic E-state index is 0.106. The van der Waals surface area contributed by atoms with Crippen LogP contribution in [0, 0.1) is 10.1 Å². The quantitative estimate of drug-likeness (QED) is 0.464. The topological polar surface area (TPSA) is 93.3 Å². The Bertz CT molecular complexity index is 393. The maximum atomic E-state index is 10.5. The van der Waals surface area contributed by atoms with Gasteiger partial charge in [0.2, 0.25) is 0 Å². The standard InChI is InChI=1S/C7H6N2O4S/c1-14-6-5(9(12)13)3-2-4(8-6)7(10)11/h2-3H,1H3,(H,10,11). The van der Waals surface area contributed by atoms with Crippen LogP contribution in [-0.4, -0.2) is 27.2 Å². The first-order chi connectivity index (χ1) is 6.56. The number of carboxylic acids is 1. The molecule has 0 atom stereocenters. The van der Waals surface area contributed by atoms with Gasteiger partial charge in [-0.05, 0) is 12.3 Å². The van der Waals surface area contributed by atoms with Gasteiger partial charge in [-0.2, -0.15) is 0 Å². The van der Waals surface area contributed by atoms with Gasteiger partial charge in [-0.25, -0.2) is 9.78 Å². The van der Waals surface area contributed by atoms with Crippen molar-refractivity contribution in [3.05, 3.63) is 27.9 Å². The number of nitro groups is 1. The van der Waals surface area contributed by atoms with E-state index in [2.05, 4.69) is 4.98 Å². The van der Waals surface area contributed by atoms with E-state index in [0.29, 0.717) is 0 Å². The Labute approximate surface area is 83.1 Å². The molecule has 0 bridgehead atoms. The molecule has 0 aliphatic heterocycles. The summed E-state index contributed by atoms with van der Waals surface area (Å²) < 4.78 is 0. The Kier molecular flexibility index (Phi) is 3.03. The molecule has 0 aliphatic carbocycles. The molecule has 0 saturated carbocycles. The molecule has 74 valence electrons. The lowest BCUT2D eigenvalue weighted by Gasteiger charge is -1.99. The second-order valence-corrected chi connectivity index (χ2v) is 3.08. The second-order valence-electron chi connectivity index (χ2n) is 2.29. The van der Waals surface area contributed by atoms with E-state index >= 15 is 0 Å². The summed E-state index contributed by atoms with van der Waals surface area (Å²) >= 11 is 1.04. The molecule has 0 aliphatic rings. The lowest BCUT2D eigenvalue weighted by atomic mass is 10.3. The van der Waals surface area contributed by atoms with Crippen molar-refractivity contribution in [3.8, 4) is 0 Å². The largest absolute Gasteiger partial charge is 0.477 e. The van der Waals surface area contributed by atoms with Gasteiger partial charge < -0.3 is 5.11 Å². The van der Waals surface area contributed by atoms with Crippen molar-refractivity contribution in [2.75, 3.05) is 6.26 Å². The summed E-state index contributed by atoms with van der Waals surface area (Å²) in [4.78, 5) is 24.0. The van der Waals surface area contributed by atoms with Crippen LogP contribution in [0.4, 0.5) is 5.69 Å². The fourth-order valence-electron chi connectivity index (χ4n) is 0.841. The third-order valence-corrected chi connectivity index (χ3v) is 2.14. The highest BCUT2D eigenvalue weighted by Crippen LogP contribution is 2.24. The normalized spacial score (nSPS) is 9.79. The molecule has 7 heteroatoms. The van der Waals surface area contributed by atoms with Gasteiger partial charge in [0, 0.05) is 6.07 Å². The zero-order valence-corrected chi connectivity index (χ0v) is 7.95. The molecule has 0 aromatic carbocycles. The highest BCUT2D eigenvalue weighted by Gasteiger charge is 2.17. The lowest BCUT2D eigenvalue weighted by molar-refractivity contribution is -0.388. The van der Waals surface area contributed by atoms with E-state index in [9.17, 15) is 14.9 Å². The van der Waals surface area contributed by atoms with Crippen molar-refractivity contribution < 1.29 is 14.8 Å². The molecule has 0 saturated heterocycles. The summed E-state index contributed by atoms with van der Waals surface area (Å²) in [6.07, 6.45) is 1.60. The number of carboxylic acid groups (broad SMARTS) is 1. The second kappa shape index (κ2) is 4.05. The van der Waals surface area contributed by atoms with E-state index < -0.39 is 10.9 Å². The number of thioether (sulfide) groups is 1. The van der Waals surface area contributed by atoms with Crippen LogP contribution in [0.2, 0.25) is 0 Å². The van der Waals surface area contributed by atoms with Gasteiger partial charge in [-0.3, -0.25) is 10.1 Å². The van der Waals surface area contributed by atoms with E-state index in [0.717, 1.165) is 23.9 Å². The summed E-state index contributed by atoms with van der Waals surface area (Å²) in [6.45, 7) is 0. The highest BCUT2D eigenvalue weighted by molar-refractivity contribution is 7.98. The molecule has 1 N–H and O–H groups in total. The molecular weight excluding hydrogens is 208 g/mol. The van der Waals surface area contributed by atoms with Crippen molar-refractivity contribution in [1.82, 2.24) is 4.98 Å². The molecular formula is C7H6N2O4S. The summed E-state index contributed by atoms with van der Waals surface area (Å²) in [5.41, 5.74) is -0.373. The lowest BCUT2D eigenvalue weighted by Crippen LogP contribution is -2.02. The molecule has 1 aromatic heterocycles. The molecule has 1 aromatic rings. The molecule has 14 heavy (non-hydrogen) atoms. The van der Waals surface area contributed by atoms with E-state index in [4.69, 9.17) is 5.11 Å². The van der Waals surface area contributed by atoms with Crippen molar-refractivity contribution in [1.29, 1.82) is 0 Å². The van der Waals surface area contributed by atoms with Crippen LogP contribution < -0.4 is 0 Å². The number of aromatic carboxylic acids is 1. The third kappa shape index (κ3) is 1.99. The van der Waals surface area contributed by atoms with Crippen LogP contribution in [0.1, 0.15) is 10.5 Å². The van der Waals surface area contributed by atoms with E-state index in [1.807, 2.05) is 0 Å². The van der Waals surface area contributed by atoms with Crippen LogP contribution in [-0.2, 0) is 0 Å². The molecule has 0 unspecified atom stereocenters. The zero-order valence-electron chi connectivity index (χ0n) is 7.13. The Balaban J connectivity index is 3.25. The van der Waals surface area contributed by atoms with Gasteiger partial charge in [0.15, 0.2) is 5.03 Å². The third-order valence-electron chi connectivity index (χ3n) is 1.45. The fraction of sp³-hybridized carbons (Fsp3) is 0.143. The molecule has 0 spiro atoms. The molecule has 6 nitrogen and oxygen atoms in total. The van der Waals surface area contributed by atoms with Gasteiger partial charge in [0.25, 0.3) is 0 Å². The maximum absolute atomic E-state index is 10.5. The van der Waals surface area contributed by atoms with Crippen LogP contribution in [0.15, 0.2) is 17.2 Å².